The minimum atomic E-state index is -4.29. The van der Waals surface area contributed by atoms with E-state index in [1.54, 1.807) is 20.8 Å². The fourth-order valence-corrected chi connectivity index (χ4v) is 1.01. The van der Waals surface area contributed by atoms with E-state index in [4.69, 9.17) is 0 Å². The number of rotatable bonds is 4. The summed E-state index contributed by atoms with van der Waals surface area (Å²) in [4.78, 5) is 11.5. The van der Waals surface area contributed by atoms with Crippen LogP contribution in [0.5, 0.6) is 0 Å². The van der Waals surface area contributed by atoms with Crippen molar-refractivity contribution in [3.05, 3.63) is 0 Å². The van der Waals surface area contributed by atoms with Crippen molar-refractivity contribution >= 4 is 5.78 Å². The zero-order valence-corrected chi connectivity index (χ0v) is 9.44. The van der Waals surface area contributed by atoms with Crippen LogP contribution in [0.2, 0.25) is 0 Å². The number of methoxy groups -OCH3 is 1. The van der Waals surface area contributed by atoms with Gasteiger partial charge in [-0.3, -0.25) is 4.79 Å². The lowest BCUT2D eigenvalue weighted by atomic mass is 9.87. The van der Waals surface area contributed by atoms with Crippen LogP contribution in [0.1, 0.15) is 33.6 Å². The van der Waals surface area contributed by atoms with Crippen LogP contribution < -0.4 is 0 Å². The van der Waals surface area contributed by atoms with Gasteiger partial charge in [0.2, 0.25) is 0 Å². The fourth-order valence-electron chi connectivity index (χ4n) is 1.01. The number of halogens is 3. The second-order valence-corrected chi connectivity index (χ2v) is 4.55. The maximum Gasteiger partial charge on any atom is 0.391 e. The topological polar surface area (TPSA) is 26.3 Å². The molecule has 0 aromatic carbocycles. The second-order valence-electron chi connectivity index (χ2n) is 4.55. The van der Waals surface area contributed by atoms with E-state index in [0.717, 1.165) is 0 Å². The first-order valence-electron chi connectivity index (χ1n) is 4.69. The standard InChI is InChI=1S/C10H17F3O2/c1-9(2,3)8(14)5-7(15-4)6-10(11,12)13/h7H,5-6H2,1-4H3. The molecule has 0 saturated carbocycles. The molecule has 1 unspecified atom stereocenters. The Balaban J connectivity index is 4.29. The summed E-state index contributed by atoms with van der Waals surface area (Å²) in [5.41, 5.74) is -0.623. The number of hydrogen-bond acceptors (Lipinski definition) is 2. The van der Waals surface area contributed by atoms with E-state index in [0.29, 0.717) is 0 Å². The van der Waals surface area contributed by atoms with Crippen LogP contribution in [0.15, 0.2) is 0 Å². The van der Waals surface area contributed by atoms with Crippen LogP contribution in [-0.4, -0.2) is 25.2 Å². The molecule has 0 aliphatic heterocycles. The summed E-state index contributed by atoms with van der Waals surface area (Å²) < 4.78 is 40.8. The molecule has 0 radical (unpaired) electrons. The van der Waals surface area contributed by atoms with Crippen LogP contribution in [0, 0.1) is 5.41 Å². The summed E-state index contributed by atoms with van der Waals surface area (Å²) in [5, 5.41) is 0. The summed E-state index contributed by atoms with van der Waals surface area (Å²) in [5.74, 6) is -0.224. The van der Waals surface area contributed by atoms with Gasteiger partial charge in [-0.25, -0.2) is 0 Å². The maximum atomic E-state index is 12.0. The Morgan fingerprint density at radius 1 is 1.27 bits per heavy atom. The molecule has 0 amide bonds. The summed E-state index contributed by atoms with van der Waals surface area (Å²) in [7, 11) is 1.19. The first-order chi connectivity index (χ1) is 6.56. The lowest BCUT2D eigenvalue weighted by Crippen LogP contribution is -2.29. The Bertz CT molecular complexity index is 216. The van der Waals surface area contributed by atoms with Crippen LogP contribution >= 0.6 is 0 Å². The minimum absolute atomic E-state index is 0.195. The lowest BCUT2D eigenvalue weighted by molar-refractivity contribution is -0.160. The number of Topliss-reactive ketones (excluding diaryl/α,β-unsaturated/α-hetero) is 1. The van der Waals surface area contributed by atoms with Gasteiger partial charge in [-0.1, -0.05) is 20.8 Å². The molecule has 90 valence electrons. The fraction of sp³-hybridized carbons (Fsp3) is 0.900. The van der Waals surface area contributed by atoms with E-state index < -0.39 is 24.1 Å². The highest BCUT2D eigenvalue weighted by atomic mass is 19.4. The first kappa shape index (κ1) is 14.4. The molecule has 0 spiro atoms. The summed E-state index contributed by atoms with van der Waals surface area (Å²) in [6.07, 6.45) is -6.64. The summed E-state index contributed by atoms with van der Waals surface area (Å²) in [6.45, 7) is 5.03. The third kappa shape index (κ3) is 6.49. The van der Waals surface area contributed by atoms with Gasteiger partial charge in [0, 0.05) is 18.9 Å². The van der Waals surface area contributed by atoms with E-state index in [1.165, 1.54) is 7.11 Å². The molecule has 0 heterocycles. The van der Waals surface area contributed by atoms with Crippen LogP contribution in [-0.2, 0) is 9.53 Å². The predicted octanol–water partition coefficient (Wildman–Crippen LogP) is 2.96. The Morgan fingerprint density at radius 3 is 2.00 bits per heavy atom. The molecule has 0 rings (SSSR count). The average Bonchev–Trinajstić information content (AvgIpc) is 1.98. The van der Waals surface area contributed by atoms with E-state index >= 15 is 0 Å². The largest absolute Gasteiger partial charge is 0.391 e. The van der Waals surface area contributed by atoms with Crippen molar-refractivity contribution in [3.8, 4) is 0 Å². The van der Waals surface area contributed by atoms with Gasteiger partial charge in [0.1, 0.15) is 5.78 Å². The number of ketones is 1. The molecule has 15 heavy (non-hydrogen) atoms. The second kappa shape index (κ2) is 4.96. The van der Waals surface area contributed by atoms with Crippen LogP contribution in [0.3, 0.4) is 0 Å². The minimum Gasteiger partial charge on any atom is -0.381 e. The first-order valence-corrected chi connectivity index (χ1v) is 4.69. The van der Waals surface area contributed by atoms with Gasteiger partial charge < -0.3 is 4.74 Å². The van der Waals surface area contributed by atoms with E-state index in [-0.39, 0.29) is 12.2 Å². The van der Waals surface area contributed by atoms with Gasteiger partial charge in [-0.2, -0.15) is 13.2 Å². The zero-order valence-electron chi connectivity index (χ0n) is 9.44. The third-order valence-corrected chi connectivity index (χ3v) is 2.04. The highest BCUT2D eigenvalue weighted by molar-refractivity contribution is 5.84. The zero-order chi connectivity index (χ0) is 12.3. The third-order valence-electron chi connectivity index (χ3n) is 2.04. The van der Waals surface area contributed by atoms with Crippen molar-refractivity contribution in [2.24, 2.45) is 5.41 Å². The Hall–Kier alpha value is -0.580. The van der Waals surface area contributed by atoms with Gasteiger partial charge in [-0.15, -0.1) is 0 Å². The molecule has 0 bridgehead atoms. The van der Waals surface area contributed by atoms with E-state index in [1.807, 2.05) is 0 Å². The van der Waals surface area contributed by atoms with E-state index in [2.05, 4.69) is 4.74 Å². The number of ether oxygens (including phenoxy) is 1. The number of hydrogen-bond donors (Lipinski definition) is 0. The number of carbonyl (C=O) groups excluding carboxylic acids is 1. The molecule has 0 aliphatic carbocycles. The Morgan fingerprint density at radius 2 is 1.73 bits per heavy atom. The van der Waals surface area contributed by atoms with Gasteiger partial charge in [0.25, 0.3) is 0 Å². The number of carbonyl (C=O) groups is 1. The molecule has 0 aromatic rings. The Labute approximate surface area is 87.8 Å². The van der Waals surface area contributed by atoms with Gasteiger partial charge >= 0.3 is 6.18 Å². The normalized spacial score (nSPS) is 15.1. The number of alkyl halides is 3. The summed E-state index contributed by atoms with van der Waals surface area (Å²) >= 11 is 0. The van der Waals surface area contributed by atoms with Gasteiger partial charge in [0.05, 0.1) is 12.5 Å². The van der Waals surface area contributed by atoms with Crippen molar-refractivity contribution in [1.82, 2.24) is 0 Å². The van der Waals surface area contributed by atoms with Crippen molar-refractivity contribution < 1.29 is 22.7 Å². The molecule has 0 aromatic heterocycles. The molecule has 0 saturated heterocycles. The van der Waals surface area contributed by atoms with Crippen molar-refractivity contribution in [2.45, 2.75) is 45.9 Å². The monoisotopic (exact) mass is 226 g/mol. The van der Waals surface area contributed by atoms with Crippen LogP contribution in [0.25, 0.3) is 0 Å². The SMILES string of the molecule is COC(CC(=O)C(C)(C)C)CC(F)(F)F. The van der Waals surface area contributed by atoms with Crippen LogP contribution in [0.4, 0.5) is 13.2 Å². The van der Waals surface area contributed by atoms with Gasteiger partial charge in [0.15, 0.2) is 0 Å². The predicted molar refractivity (Wildman–Crippen MR) is 50.5 cm³/mol. The molecule has 0 fully saturated rings. The van der Waals surface area contributed by atoms with Crippen molar-refractivity contribution in [1.29, 1.82) is 0 Å². The smallest absolute Gasteiger partial charge is 0.381 e. The maximum absolute atomic E-state index is 12.0. The molecule has 1 atom stereocenters. The average molecular weight is 226 g/mol. The van der Waals surface area contributed by atoms with E-state index in [9.17, 15) is 18.0 Å². The van der Waals surface area contributed by atoms with Crippen molar-refractivity contribution in [2.75, 3.05) is 7.11 Å². The Kier molecular flexibility index (Phi) is 4.77. The quantitative estimate of drug-likeness (QED) is 0.736. The molecular weight excluding hydrogens is 209 g/mol. The highest BCUT2D eigenvalue weighted by Crippen LogP contribution is 2.26. The highest BCUT2D eigenvalue weighted by Gasteiger charge is 2.34. The van der Waals surface area contributed by atoms with Gasteiger partial charge in [-0.05, 0) is 0 Å². The molecule has 5 heteroatoms. The molecular formula is C10H17F3O2. The molecule has 0 N–H and O–H groups in total. The van der Waals surface area contributed by atoms with Crippen molar-refractivity contribution in [3.63, 3.8) is 0 Å². The molecule has 0 aliphatic rings. The summed E-state index contributed by atoms with van der Waals surface area (Å²) in [6, 6.07) is 0. The lowest BCUT2D eigenvalue weighted by Gasteiger charge is -2.21. The molecule has 2 nitrogen and oxygen atoms in total.